The number of hydrogen-bond donors (Lipinski definition) is 0. The van der Waals surface area contributed by atoms with Gasteiger partial charge < -0.3 is 9.47 Å². The van der Waals surface area contributed by atoms with E-state index in [4.69, 9.17) is 26.1 Å². The molecular weight excluding hydrogens is 376 g/mol. The minimum absolute atomic E-state index is 0.0363. The molecule has 1 aliphatic heterocycles. The lowest BCUT2D eigenvalue weighted by molar-refractivity contribution is 0.326. The number of rotatable bonds is 5. The van der Waals surface area contributed by atoms with Crippen LogP contribution < -0.4 is 15.0 Å². The lowest BCUT2D eigenvalue weighted by Gasteiger charge is -2.10. The zero-order valence-corrected chi connectivity index (χ0v) is 16.2. The molecule has 0 aliphatic carbocycles. The van der Waals surface area contributed by atoms with Crippen LogP contribution in [0, 0.1) is 0 Å². The maximum Gasteiger partial charge on any atom is 0.261 e. The van der Waals surface area contributed by atoms with E-state index in [-0.39, 0.29) is 5.56 Å². The minimum Gasteiger partial charge on any atom is -0.493 e. The molecular formula is C22H19ClN2O3. The van der Waals surface area contributed by atoms with Crippen molar-refractivity contribution < 1.29 is 9.47 Å². The summed E-state index contributed by atoms with van der Waals surface area (Å²) in [6, 6.07) is 10.9. The third-order valence-electron chi connectivity index (χ3n) is 4.69. The average Bonchev–Trinajstić information content (AvgIpc) is 3.09. The second-order valence-corrected chi connectivity index (χ2v) is 6.92. The Labute approximate surface area is 167 Å². The lowest BCUT2D eigenvalue weighted by Crippen LogP contribution is -2.20. The first-order valence-electron chi connectivity index (χ1n) is 8.93. The fourth-order valence-electron chi connectivity index (χ4n) is 3.37. The standard InChI is InChI=1S/C22H19ClN2O3/c1-3-10-28-19-7-4-14(12-20(19)27-2)11-15-8-9-25-21(15)24-18-13-16(23)5-6-17(18)22(25)26/h3-7,11-13H,1,8-10H2,2H3/b15-11+. The molecule has 0 fully saturated rings. The van der Waals surface area contributed by atoms with Gasteiger partial charge in [-0.05, 0) is 54.0 Å². The Balaban J connectivity index is 1.76. The molecule has 2 heterocycles. The molecule has 1 aromatic heterocycles. The van der Waals surface area contributed by atoms with Gasteiger partial charge in [-0.2, -0.15) is 0 Å². The highest BCUT2D eigenvalue weighted by molar-refractivity contribution is 6.31. The number of aromatic nitrogens is 2. The molecule has 142 valence electrons. The van der Waals surface area contributed by atoms with Crippen LogP contribution in [0.3, 0.4) is 0 Å². The van der Waals surface area contributed by atoms with E-state index in [0.717, 1.165) is 17.6 Å². The number of ether oxygens (including phenoxy) is 2. The van der Waals surface area contributed by atoms with Crippen LogP contribution in [0.15, 0.2) is 53.8 Å². The number of halogens is 1. The Kier molecular flexibility index (Phi) is 4.92. The van der Waals surface area contributed by atoms with Gasteiger partial charge in [-0.25, -0.2) is 4.98 Å². The van der Waals surface area contributed by atoms with E-state index in [1.807, 2.05) is 24.3 Å². The molecule has 2 aromatic carbocycles. The van der Waals surface area contributed by atoms with E-state index in [1.54, 1.807) is 36.0 Å². The summed E-state index contributed by atoms with van der Waals surface area (Å²) in [7, 11) is 1.61. The second-order valence-electron chi connectivity index (χ2n) is 6.48. The van der Waals surface area contributed by atoms with Gasteiger partial charge in [0.2, 0.25) is 0 Å². The van der Waals surface area contributed by atoms with Crippen LogP contribution in [0.2, 0.25) is 5.02 Å². The predicted molar refractivity (Wildman–Crippen MR) is 112 cm³/mol. The summed E-state index contributed by atoms with van der Waals surface area (Å²) in [5.41, 5.74) is 2.53. The maximum atomic E-state index is 12.8. The van der Waals surface area contributed by atoms with Gasteiger partial charge in [-0.3, -0.25) is 9.36 Å². The summed E-state index contributed by atoms with van der Waals surface area (Å²) in [6.07, 6.45) is 4.45. The zero-order valence-electron chi connectivity index (χ0n) is 15.4. The van der Waals surface area contributed by atoms with Crippen LogP contribution in [-0.4, -0.2) is 23.3 Å². The number of allylic oxidation sites excluding steroid dienone is 1. The number of benzene rings is 2. The topological polar surface area (TPSA) is 53.4 Å². The van der Waals surface area contributed by atoms with Gasteiger partial charge in [0.25, 0.3) is 5.56 Å². The van der Waals surface area contributed by atoms with E-state index in [1.165, 1.54) is 0 Å². The van der Waals surface area contributed by atoms with Crippen molar-refractivity contribution in [3.8, 4) is 11.5 Å². The molecule has 5 nitrogen and oxygen atoms in total. The first kappa shape index (κ1) is 18.3. The molecule has 1 aliphatic rings. The van der Waals surface area contributed by atoms with Gasteiger partial charge >= 0.3 is 0 Å². The average molecular weight is 395 g/mol. The SMILES string of the molecule is C=CCOc1ccc(/C=C2\CCn3c2nc2cc(Cl)ccc2c3=O)cc1OC. The monoisotopic (exact) mass is 394 g/mol. The van der Waals surface area contributed by atoms with Crippen molar-refractivity contribution in [1.29, 1.82) is 0 Å². The quantitative estimate of drug-likeness (QED) is 0.595. The normalized spacial score (nSPS) is 14.3. The first-order valence-corrected chi connectivity index (χ1v) is 9.31. The molecule has 0 amide bonds. The van der Waals surface area contributed by atoms with Crippen molar-refractivity contribution in [3.63, 3.8) is 0 Å². The number of hydrogen-bond acceptors (Lipinski definition) is 4. The van der Waals surface area contributed by atoms with Gasteiger partial charge in [-0.15, -0.1) is 0 Å². The predicted octanol–water partition coefficient (Wildman–Crippen LogP) is 4.57. The minimum atomic E-state index is -0.0363. The lowest BCUT2D eigenvalue weighted by atomic mass is 10.1. The molecule has 0 saturated heterocycles. The number of fused-ring (bicyclic) bond motifs is 2. The van der Waals surface area contributed by atoms with Gasteiger partial charge in [0, 0.05) is 11.6 Å². The maximum absolute atomic E-state index is 12.8. The van der Waals surface area contributed by atoms with Crippen LogP contribution in [0.1, 0.15) is 17.8 Å². The highest BCUT2D eigenvalue weighted by Crippen LogP contribution is 2.32. The molecule has 28 heavy (non-hydrogen) atoms. The summed E-state index contributed by atoms with van der Waals surface area (Å²) in [5.74, 6) is 1.99. The summed E-state index contributed by atoms with van der Waals surface area (Å²) >= 11 is 6.08. The summed E-state index contributed by atoms with van der Waals surface area (Å²) < 4.78 is 12.8. The third-order valence-corrected chi connectivity index (χ3v) is 4.93. The Morgan fingerprint density at radius 1 is 1.25 bits per heavy atom. The highest BCUT2D eigenvalue weighted by Gasteiger charge is 2.21. The van der Waals surface area contributed by atoms with Crippen molar-refractivity contribution in [1.82, 2.24) is 9.55 Å². The molecule has 0 unspecified atom stereocenters. The van der Waals surface area contributed by atoms with Crippen molar-refractivity contribution in [3.05, 3.63) is 75.8 Å². The fraction of sp³-hybridized carbons (Fsp3) is 0.182. The Hall–Kier alpha value is -3.05. The molecule has 0 N–H and O–H groups in total. The van der Waals surface area contributed by atoms with Gasteiger partial charge in [-0.1, -0.05) is 30.3 Å². The Morgan fingerprint density at radius 2 is 2.11 bits per heavy atom. The molecule has 4 rings (SSSR count). The molecule has 0 spiro atoms. The van der Waals surface area contributed by atoms with E-state index in [2.05, 4.69) is 6.58 Å². The van der Waals surface area contributed by atoms with Crippen LogP contribution >= 0.6 is 11.6 Å². The molecule has 6 heteroatoms. The Morgan fingerprint density at radius 3 is 2.89 bits per heavy atom. The van der Waals surface area contributed by atoms with Crippen LogP contribution in [0.5, 0.6) is 11.5 Å². The third kappa shape index (κ3) is 3.29. The first-order chi connectivity index (χ1) is 13.6. The fourth-order valence-corrected chi connectivity index (χ4v) is 3.54. The number of methoxy groups -OCH3 is 1. The summed E-state index contributed by atoms with van der Waals surface area (Å²) in [4.78, 5) is 17.5. The second kappa shape index (κ2) is 7.52. The molecule has 0 radical (unpaired) electrons. The molecule has 3 aromatic rings. The van der Waals surface area contributed by atoms with Gasteiger partial charge in [0.15, 0.2) is 11.5 Å². The summed E-state index contributed by atoms with van der Waals surface area (Å²) in [6.45, 7) is 4.68. The van der Waals surface area contributed by atoms with E-state index < -0.39 is 0 Å². The van der Waals surface area contributed by atoms with Crippen molar-refractivity contribution >= 4 is 34.2 Å². The molecule has 0 bridgehead atoms. The molecule has 0 atom stereocenters. The summed E-state index contributed by atoms with van der Waals surface area (Å²) in [5, 5.41) is 1.15. The van der Waals surface area contributed by atoms with E-state index >= 15 is 0 Å². The van der Waals surface area contributed by atoms with E-state index in [0.29, 0.717) is 46.4 Å². The van der Waals surface area contributed by atoms with Crippen LogP contribution in [0.25, 0.3) is 22.6 Å². The molecule has 0 saturated carbocycles. The zero-order chi connectivity index (χ0) is 19.7. The highest BCUT2D eigenvalue weighted by atomic mass is 35.5. The largest absolute Gasteiger partial charge is 0.493 e. The van der Waals surface area contributed by atoms with Gasteiger partial charge in [0.1, 0.15) is 12.4 Å². The van der Waals surface area contributed by atoms with E-state index in [9.17, 15) is 4.79 Å². The van der Waals surface area contributed by atoms with Crippen molar-refractivity contribution in [2.24, 2.45) is 0 Å². The smallest absolute Gasteiger partial charge is 0.261 e. The van der Waals surface area contributed by atoms with Crippen molar-refractivity contribution in [2.75, 3.05) is 13.7 Å². The Bertz CT molecular complexity index is 1160. The van der Waals surface area contributed by atoms with Crippen LogP contribution in [-0.2, 0) is 6.54 Å². The number of nitrogens with zero attached hydrogens (tertiary/aromatic N) is 2. The van der Waals surface area contributed by atoms with Crippen LogP contribution in [0.4, 0.5) is 0 Å². The van der Waals surface area contributed by atoms with Gasteiger partial charge in [0.05, 0.1) is 18.0 Å². The van der Waals surface area contributed by atoms with Crippen molar-refractivity contribution in [2.45, 2.75) is 13.0 Å².